The molecule has 0 amide bonds. The molecule has 0 aliphatic rings. The van der Waals surface area contributed by atoms with E-state index in [0.717, 1.165) is 32.9 Å². The maximum absolute atomic E-state index is 6.40. The molecule has 0 bridgehead atoms. The van der Waals surface area contributed by atoms with Crippen molar-refractivity contribution in [2.75, 3.05) is 0 Å². The first kappa shape index (κ1) is 32.4. The minimum atomic E-state index is 0.503. The molecule has 9 nitrogen and oxygen atoms in total. The Labute approximate surface area is 310 Å². The molecular formula is C45H31N5O4. The molecule has 0 radical (unpaired) electrons. The summed E-state index contributed by atoms with van der Waals surface area (Å²) < 4.78 is 26.7. The van der Waals surface area contributed by atoms with Crippen LogP contribution in [0.25, 0.3) is 38.9 Å². The Balaban J connectivity index is 1.09. The van der Waals surface area contributed by atoms with Gasteiger partial charge in [-0.25, -0.2) is 19.9 Å². The summed E-state index contributed by atoms with van der Waals surface area (Å²) in [6.07, 6.45) is 7.09. The van der Waals surface area contributed by atoms with Crippen molar-refractivity contribution in [2.24, 2.45) is 0 Å². The highest BCUT2D eigenvalue weighted by molar-refractivity contribution is 6.09. The lowest BCUT2D eigenvalue weighted by Gasteiger charge is -2.11. The first-order valence-electron chi connectivity index (χ1n) is 17.3. The Morgan fingerprint density at radius 3 is 1.37 bits per heavy atom. The van der Waals surface area contributed by atoms with Crippen molar-refractivity contribution in [3.8, 4) is 63.3 Å². The van der Waals surface area contributed by atoms with Gasteiger partial charge in [0.25, 0.3) is 0 Å². The predicted molar refractivity (Wildman–Crippen MR) is 208 cm³/mol. The molecule has 0 fully saturated rings. The Morgan fingerprint density at radius 2 is 0.889 bits per heavy atom. The van der Waals surface area contributed by atoms with Crippen molar-refractivity contribution in [1.82, 2.24) is 24.5 Å². The van der Waals surface area contributed by atoms with Gasteiger partial charge < -0.3 is 18.9 Å². The van der Waals surface area contributed by atoms with Gasteiger partial charge in [-0.15, -0.1) is 0 Å². The van der Waals surface area contributed by atoms with E-state index in [9.17, 15) is 0 Å². The van der Waals surface area contributed by atoms with Crippen LogP contribution >= 0.6 is 0 Å². The third kappa shape index (κ3) is 6.89. The van der Waals surface area contributed by atoms with Crippen LogP contribution in [0.15, 0.2) is 170 Å². The number of hydrogen-bond donors (Lipinski definition) is 0. The van der Waals surface area contributed by atoms with Gasteiger partial charge in [-0.2, -0.15) is 0 Å². The molecule has 0 saturated carbocycles. The topological polar surface area (TPSA) is 93.4 Å². The van der Waals surface area contributed by atoms with Crippen LogP contribution in [0.4, 0.5) is 0 Å². The zero-order valence-electron chi connectivity index (χ0n) is 29.0. The van der Waals surface area contributed by atoms with E-state index in [1.165, 1.54) is 5.56 Å². The Bertz CT molecular complexity index is 2570. The molecule has 4 heterocycles. The number of pyridine rings is 2. The van der Waals surface area contributed by atoms with E-state index in [0.29, 0.717) is 52.2 Å². The fourth-order valence-corrected chi connectivity index (χ4v) is 6.18. The second-order valence-corrected chi connectivity index (χ2v) is 12.5. The minimum Gasteiger partial charge on any atom is -0.457 e. The number of benzene rings is 5. The van der Waals surface area contributed by atoms with Crippen LogP contribution in [-0.4, -0.2) is 24.5 Å². The molecule has 0 aliphatic heterocycles. The fourth-order valence-electron chi connectivity index (χ4n) is 6.18. The molecular weight excluding hydrogens is 675 g/mol. The molecule has 0 unspecified atom stereocenters. The van der Waals surface area contributed by atoms with Crippen molar-refractivity contribution >= 4 is 21.8 Å². The standard InChI is InChI=1S/C45H31N5O4/c1-30-14-16-31(17-15-30)32-28-48-45(49-29-32)50-41-26-37(51-33-8-6-10-35(24-33)53-43-12-2-4-22-46-43)18-20-39(41)40-21-19-38(27-42(40)50)52-34-9-7-11-36(25-34)54-44-13-3-5-23-47-44/h2-29H,1H3. The van der Waals surface area contributed by atoms with Gasteiger partial charge in [-0.05, 0) is 73.2 Å². The van der Waals surface area contributed by atoms with Gasteiger partial charge in [0.1, 0.15) is 34.5 Å². The summed E-state index contributed by atoms with van der Waals surface area (Å²) in [5.41, 5.74) is 4.90. The molecule has 9 rings (SSSR count). The van der Waals surface area contributed by atoms with Gasteiger partial charge in [-0.3, -0.25) is 4.57 Å². The van der Waals surface area contributed by atoms with Crippen molar-refractivity contribution in [3.63, 3.8) is 0 Å². The van der Waals surface area contributed by atoms with E-state index < -0.39 is 0 Å². The minimum absolute atomic E-state index is 0.503. The molecule has 0 saturated heterocycles. The number of nitrogens with zero attached hydrogens (tertiary/aromatic N) is 5. The van der Waals surface area contributed by atoms with Crippen LogP contribution in [0.2, 0.25) is 0 Å². The van der Waals surface area contributed by atoms with Crippen LogP contribution in [-0.2, 0) is 0 Å². The smallest absolute Gasteiger partial charge is 0.234 e. The van der Waals surface area contributed by atoms with Gasteiger partial charge >= 0.3 is 0 Å². The highest BCUT2D eigenvalue weighted by Gasteiger charge is 2.17. The van der Waals surface area contributed by atoms with E-state index >= 15 is 0 Å². The van der Waals surface area contributed by atoms with Gasteiger partial charge in [0.2, 0.25) is 17.7 Å². The monoisotopic (exact) mass is 705 g/mol. The lowest BCUT2D eigenvalue weighted by molar-refractivity contribution is 0.448. The molecule has 0 aliphatic carbocycles. The van der Waals surface area contributed by atoms with Crippen molar-refractivity contribution < 1.29 is 18.9 Å². The first-order chi connectivity index (χ1) is 26.6. The predicted octanol–water partition coefficient (Wildman–Crippen LogP) is 11.5. The molecule has 5 aromatic carbocycles. The van der Waals surface area contributed by atoms with Crippen LogP contribution in [0.3, 0.4) is 0 Å². The molecule has 260 valence electrons. The van der Waals surface area contributed by atoms with E-state index in [-0.39, 0.29) is 0 Å². The van der Waals surface area contributed by atoms with Crippen molar-refractivity contribution in [2.45, 2.75) is 6.92 Å². The lowest BCUT2D eigenvalue weighted by atomic mass is 10.1. The molecule has 4 aromatic heterocycles. The van der Waals surface area contributed by atoms with E-state index in [1.54, 1.807) is 24.5 Å². The number of aryl methyl sites for hydroxylation is 1. The number of fused-ring (bicyclic) bond motifs is 3. The van der Waals surface area contributed by atoms with Crippen LogP contribution in [0.5, 0.6) is 46.3 Å². The summed E-state index contributed by atoms with van der Waals surface area (Å²) in [5.74, 6) is 5.26. The van der Waals surface area contributed by atoms with E-state index in [2.05, 4.69) is 53.3 Å². The zero-order chi connectivity index (χ0) is 36.3. The molecule has 0 spiro atoms. The maximum atomic E-state index is 6.40. The number of ether oxygens (including phenoxy) is 4. The highest BCUT2D eigenvalue weighted by atomic mass is 16.5. The average Bonchev–Trinajstić information content (AvgIpc) is 3.52. The van der Waals surface area contributed by atoms with Gasteiger partial charge in [-0.1, -0.05) is 54.1 Å². The summed E-state index contributed by atoms with van der Waals surface area (Å²) in [4.78, 5) is 18.3. The fraction of sp³-hybridized carbons (Fsp3) is 0.0222. The quantitative estimate of drug-likeness (QED) is 0.139. The van der Waals surface area contributed by atoms with E-state index in [1.807, 2.05) is 114 Å². The zero-order valence-corrected chi connectivity index (χ0v) is 29.0. The second kappa shape index (κ2) is 14.2. The summed E-state index contributed by atoms with van der Waals surface area (Å²) >= 11 is 0. The largest absolute Gasteiger partial charge is 0.457 e. The van der Waals surface area contributed by atoms with Gasteiger partial charge in [0.15, 0.2) is 0 Å². The highest BCUT2D eigenvalue weighted by Crippen LogP contribution is 2.38. The molecule has 9 heteroatoms. The van der Waals surface area contributed by atoms with Crippen molar-refractivity contribution in [1.29, 1.82) is 0 Å². The Hall–Kier alpha value is -7.52. The summed E-state index contributed by atoms with van der Waals surface area (Å²) in [6, 6.07) is 46.3. The Morgan fingerprint density at radius 1 is 0.407 bits per heavy atom. The van der Waals surface area contributed by atoms with Crippen molar-refractivity contribution in [3.05, 3.63) is 176 Å². The van der Waals surface area contributed by atoms with Gasteiger partial charge in [0.05, 0.1) is 11.0 Å². The average molecular weight is 706 g/mol. The second-order valence-electron chi connectivity index (χ2n) is 12.5. The molecule has 0 atom stereocenters. The SMILES string of the molecule is Cc1ccc(-c2cnc(-n3c4cc(Oc5cccc(Oc6ccccn6)c5)ccc4c4ccc(Oc5cccc(Oc6ccccn6)c5)cc43)nc2)cc1. The third-order valence-corrected chi connectivity index (χ3v) is 8.74. The Kier molecular flexibility index (Phi) is 8.54. The van der Waals surface area contributed by atoms with Gasteiger partial charge in [0, 0.05) is 77.5 Å². The first-order valence-corrected chi connectivity index (χ1v) is 17.3. The maximum Gasteiger partial charge on any atom is 0.234 e. The summed E-state index contributed by atoms with van der Waals surface area (Å²) in [5, 5.41) is 2.02. The van der Waals surface area contributed by atoms with Crippen LogP contribution in [0.1, 0.15) is 5.56 Å². The summed E-state index contributed by atoms with van der Waals surface area (Å²) in [7, 11) is 0. The summed E-state index contributed by atoms with van der Waals surface area (Å²) in [6.45, 7) is 2.07. The van der Waals surface area contributed by atoms with Crippen LogP contribution < -0.4 is 18.9 Å². The molecule has 9 aromatic rings. The molecule has 54 heavy (non-hydrogen) atoms. The van der Waals surface area contributed by atoms with Crippen LogP contribution in [0, 0.1) is 6.92 Å². The number of hydrogen-bond acceptors (Lipinski definition) is 8. The third-order valence-electron chi connectivity index (χ3n) is 8.74. The number of aromatic nitrogens is 5. The normalized spacial score (nSPS) is 11.1. The molecule has 0 N–H and O–H groups in total. The van der Waals surface area contributed by atoms with E-state index in [4.69, 9.17) is 28.9 Å². The lowest BCUT2D eigenvalue weighted by Crippen LogP contribution is -2.01. The number of rotatable bonds is 10.